The number of nitrogens with zero attached hydrogens (tertiary/aromatic N) is 2. The molecule has 7 heteroatoms. The third-order valence-corrected chi connectivity index (χ3v) is 4.29. The molecule has 118 valence electrons. The van der Waals surface area contributed by atoms with Crippen molar-refractivity contribution in [3.8, 4) is 0 Å². The highest BCUT2D eigenvalue weighted by Crippen LogP contribution is 2.22. The Morgan fingerprint density at radius 3 is 2.52 bits per heavy atom. The van der Waals surface area contributed by atoms with Crippen LogP contribution in [0.3, 0.4) is 0 Å². The molecule has 0 aliphatic rings. The lowest BCUT2D eigenvalue weighted by atomic mass is 10.0. The van der Waals surface area contributed by atoms with Crippen molar-refractivity contribution in [2.24, 2.45) is 11.7 Å². The van der Waals surface area contributed by atoms with Crippen LogP contribution in [-0.4, -0.2) is 28.9 Å². The molecule has 4 nitrogen and oxygen atoms in total. The van der Waals surface area contributed by atoms with E-state index in [1.165, 1.54) is 0 Å². The maximum atomic E-state index is 12.1. The molecule has 2 aromatic rings. The van der Waals surface area contributed by atoms with Gasteiger partial charge in [0, 0.05) is 13.1 Å². The van der Waals surface area contributed by atoms with Gasteiger partial charge in [0.15, 0.2) is 0 Å². The molecule has 1 aromatic carbocycles. The van der Waals surface area contributed by atoms with Gasteiger partial charge in [0.05, 0.1) is 22.7 Å². The highest BCUT2D eigenvalue weighted by molar-refractivity contribution is 7.18. The Balaban J connectivity index is 0.00000200. The summed E-state index contributed by atoms with van der Waals surface area (Å²) in [5.74, 6) is -0.103. The minimum absolute atomic E-state index is 0. The number of rotatable bonds is 4. The Morgan fingerprint density at radius 1 is 1.33 bits per heavy atom. The van der Waals surface area contributed by atoms with E-state index < -0.39 is 0 Å². The lowest BCUT2D eigenvalue weighted by Gasteiger charge is -2.22. The van der Waals surface area contributed by atoms with E-state index in [0.29, 0.717) is 6.54 Å². The van der Waals surface area contributed by atoms with E-state index in [2.05, 4.69) is 4.98 Å². The van der Waals surface area contributed by atoms with Crippen molar-refractivity contribution >= 4 is 52.3 Å². The number of carbonyl (C=O) groups is 1. The van der Waals surface area contributed by atoms with Crippen LogP contribution in [0.25, 0.3) is 10.2 Å². The van der Waals surface area contributed by atoms with Gasteiger partial charge in [0.1, 0.15) is 5.01 Å². The average molecular weight is 350 g/mol. The molecular weight excluding hydrogens is 329 g/mol. The molecule has 0 aliphatic carbocycles. The Bertz CT molecular complexity index is 555. The van der Waals surface area contributed by atoms with Crippen LogP contribution in [0, 0.1) is 5.92 Å². The SMILES string of the molecule is CC(N)C(C)C(=O)N(C)Cc1nc2ccccc2s1.Cl.Cl. The Morgan fingerprint density at radius 2 is 1.95 bits per heavy atom. The Labute approximate surface area is 141 Å². The van der Waals surface area contributed by atoms with E-state index >= 15 is 0 Å². The molecular formula is C14H21Cl2N3OS. The van der Waals surface area contributed by atoms with E-state index in [9.17, 15) is 4.79 Å². The van der Waals surface area contributed by atoms with Crippen LogP contribution < -0.4 is 5.73 Å². The van der Waals surface area contributed by atoms with Crippen molar-refractivity contribution < 1.29 is 4.79 Å². The van der Waals surface area contributed by atoms with Crippen LogP contribution >= 0.6 is 36.2 Å². The largest absolute Gasteiger partial charge is 0.339 e. The normalized spacial score (nSPS) is 13.0. The molecule has 0 saturated heterocycles. The lowest BCUT2D eigenvalue weighted by Crippen LogP contribution is -2.39. The summed E-state index contributed by atoms with van der Waals surface area (Å²) in [6, 6.07) is 7.87. The van der Waals surface area contributed by atoms with Crippen molar-refractivity contribution in [1.82, 2.24) is 9.88 Å². The van der Waals surface area contributed by atoms with E-state index in [0.717, 1.165) is 15.2 Å². The van der Waals surface area contributed by atoms with E-state index in [1.807, 2.05) is 38.1 Å². The van der Waals surface area contributed by atoms with Crippen molar-refractivity contribution in [3.63, 3.8) is 0 Å². The van der Waals surface area contributed by atoms with Crippen molar-refractivity contribution in [3.05, 3.63) is 29.3 Å². The van der Waals surface area contributed by atoms with E-state index in [1.54, 1.807) is 23.3 Å². The fraction of sp³-hybridized carbons (Fsp3) is 0.429. The molecule has 2 N–H and O–H groups in total. The number of fused-ring (bicyclic) bond motifs is 1. The van der Waals surface area contributed by atoms with Gasteiger partial charge in [-0.1, -0.05) is 19.1 Å². The Hall–Kier alpha value is -0.880. The second-order valence-electron chi connectivity index (χ2n) is 4.92. The van der Waals surface area contributed by atoms with Crippen LogP contribution in [0.1, 0.15) is 18.9 Å². The fourth-order valence-corrected chi connectivity index (χ4v) is 2.86. The van der Waals surface area contributed by atoms with Crippen molar-refractivity contribution in [2.45, 2.75) is 26.4 Å². The van der Waals surface area contributed by atoms with Gasteiger partial charge in [0.2, 0.25) is 5.91 Å². The molecule has 1 heterocycles. The third-order valence-electron chi connectivity index (χ3n) is 3.27. The van der Waals surface area contributed by atoms with E-state index in [4.69, 9.17) is 5.73 Å². The number of hydrogen-bond acceptors (Lipinski definition) is 4. The predicted octanol–water partition coefficient (Wildman–Crippen LogP) is 3.08. The predicted molar refractivity (Wildman–Crippen MR) is 93.4 cm³/mol. The standard InChI is InChI=1S/C14H19N3OS.2ClH/c1-9(10(2)15)14(18)17(3)8-13-16-11-6-4-5-7-12(11)19-13;;/h4-7,9-10H,8,15H2,1-3H3;2*1H. The molecule has 2 unspecified atom stereocenters. The minimum atomic E-state index is -0.167. The highest BCUT2D eigenvalue weighted by atomic mass is 35.5. The monoisotopic (exact) mass is 349 g/mol. The number of hydrogen-bond donors (Lipinski definition) is 1. The first-order chi connectivity index (χ1) is 8.99. The van der Waals surface area contributed by atoms with Crippen LogP contribution in [0.5, 0.6) is 0 Å². The van der Waals surface area contributed by atoms with Gasteiger partial charge in [0.25, 0.3) is 0 Å². The van der Waals surface area contributed by atoms with Gasteiger partial charge in [-0.25, -0.2) is 4.98 Å². The number of halogens is 2. The number of para-hydroxylation sites is 1. The molecule has 0 spiro atoms. The maximum absolute atomic E-state index is 12.1. The van der Waals surface area contributed by atoms with Crippen LogP contribution in [0.4, 0.5) is 0 Å². The van der Waals surface area contributed by atoms with Gasteiger partial charge in [-0.2, -0.15) is 0 Å². The van der Waals surface area contributed by atoms with Gasteiger partial charge >= 0.3 is 0 Å². The summed E-state index contributed by atoms with van der Waals surface area (Å²) in [6.45, 7) is 4.26. The van der Waals surface area contributed by atoms with Crippen LogP contribution in [-0.2, 0) is 11.3 Å². The quantitative estimate of drug-likeness (QED) is 0.922. The number of thiazole rings is 1. The summed E-state index contributed by atoms with van der Waals surface area (Å²) < 4.78 is 1.15. The van der Waals surface area contributed by atoms with Gasteiger partial charge in [-0.15, -0.1) is 36.2 Å². The molecule has 2 atom stereocenters. The van der Waals surface area contributed by atoms with Gasteiger partial charge < -0.3 is 10.6 Å². The molecule has 0 saturated carbocycles. The molecule has 0 bridgehead atoms. The summed E-state index contributed by atoms with van der Waals surface area (Å²) >= 11 is 1.63. The molecule has 21 heavy (non-hydrogen) atoms. The first-order valence-corrected chi connectivity index (χ1v) is 7.15. The molecule has 1 aromatic heterocycles. The van der Waals surface area contributed by atoms with Crippen molar-refractivity contribution in [2.75, 3.05) is 7.05 Å². The van der Waals surface area contributed by atoms with Crippen molar-refractivity contribution in [1.29, 1.82) is 0 Å². The summed E-state index contributed by atoms with van der Waals surface area (Å²) in [7, 11) is 1.80. The summed E-state index contributed by atoms with van der Waals surface area (Å²) in [6.07, 6.45) is 0. The Kier molecular flexibility index (Phi) is 8.18. The maximum Gasteiger partial charge on any atom is 0.227 e. The first kappa shape index (κ1) is 20.1. The molecule has 2 rings (SSSR count). The van der Waals surface area contributed by atoms with Crippen LogP contribution in [0.2, 0.25) is 0 Å². The molecule has 0 aliphatic heterocycles. The highest BCUT2D eigenvalue weighted by Gasteiger charge is 2.21. The fourth-order valence-electron chi connectivity index (χ4n) is 1.84. The van der Waals surface area contributed by atoms with Gasteiger partial charge in [-0.05, 0) is 19.1 Å². The first-order valence-electron chi connectivity index (χ1n) is 6.34. The molecule has 0 radical (unpaired) electrons. The minimum Gasteiger partial charge on any atom is -0.339 e. The number of aromatic nitrogens is 1. The van der Waals surface area contributed by atoms with E-state index in [-0.39, 0.29) is 42.7 Å². The zero-order valence-corrected chi connectivity index (χ0v) is 14.7. The number of benzene rings is 1. The lowest BCUT2D eigenvalue weighted by molar-refractivity contribution is -0.134. The number of nitrogens with two attached hydrogens (primary N) is 1. The molecule has 1 amide bonds. The van der Waals surface area contributed by atoms with Crippen LogP contribution in [0.15, 0.2) is 24.3 Å². The second kappa shape index (κ2) is 8.54. The summed E-state index contributed by atoms with van der Waals surface area (Å²) in [4.78, 5) is 18.4. The number of carbonyl (C=O) groups excluding carboxylic acids is 1. The summed E-state index contributed by atoms with van der Waals surface area (Å²) in [5.41, 5.74) is 6.76. The number of amides is 1. The second-order valence-corrected chi connectivity index (χ2v) is 6.03. The zero-order valence-electron chi connectivity index (χ0n) is 12.3. The molecule has 0 fully saturated rings. The van der Waals surface area contributed by atoms with Gasteiger partial charge in [-0.3, -0.25) is 4.79 Å². The zero-order chi connectivity index (χ0) is 14.0. The summed E-state index contributed by atoms with van der Waals surface area (Å²) in [5, 5.41) is 0.953. The third kappa shape index (κ3) is 4.81. The average Bonchev–Trinajstić information content (AvgIpc) is 2.78. The smallest absolute Gasteiger partial charge is 0.227 e. The topological polar surface area (TPSA) is 59.2 Å².